The monoisotopic (exact) mass is 599 g/mol. The Morgan fingerprint density at radius 1 is 0.927 bits per heavy atom. The fourth-order valence-electron chi connectivity index (χ4n) is 4.36. The number of sulfonamides is 1. The number of unbranched alkanes of at least 4 members (excludes halogenated alkanes) is 1. The van der Waals surface area contributed by atoms with E-state index in [2.05, 4.69) is 5.32 Å². The second-order valence-electron chi connectivity index (χ2n) is 9.43. The number of ether oxygens (including phenoxy) is 1. The van der Waals surface area contributed by atoms with Crippen molar-refractivity contribution >= 4 is 39.1 Å². The van der Waals surface area contributed by atoms with Crippen LogP contribution >= 0.6 is 11.6 Å². The molecule has 1 unspecified atom stereocenters. The molecule has 220 valence electrons. The minimum atomic E-state index is -4.14. The van der Waals surface area contributed by atoms with E-state index in [0.717, 1.165) is 17.1 Å². The van der Waals surface area contributed by atoms with Crippen molar-refractivity contribution in [3.05, 3.63) is 89.4 Å². The minimum Gasteiger partial charge on any atom is -0.494 e. The largest absolute Gasteiger partial charge is 0.494 e. The van der Waals surface area contributed by atoms with Gasteiger partial charge in [-0.1, -0.05) is 68.3 Å². The van der Waals surface area contributed by atoms with Gasteiger partial charge in [-0.15, -0.1) is 0 Å². The minimum absolute atomic E-state index is 0.0424. The van der Waals surface area contributed by atoms with E-state index in [-0.39, 0.29) is 17.3 Å². The molecule has 0 aliphatic heterocycles. The fourth-order valence-corrected chi connectivity index (χ4v) is 5.99. The number of nitrogens with zero attached hydrogens (tertiary/aromatic N) is 2. The third kappa shape index (κ3) is 8.47. The Hall–Kier alpha value is -3.56. The first-order valence-corrected chi connectivity index (χ1v) is 15.7. The zero-order valence-electron chi connectivity index (χ0n) is 23.8. The van der Waals surface area contributed by atoms with Gasteiger partial charge in [-0.3, -0.25) is 13.9 Å². The van der Waals surface area contributed by atoms with Crippen LogP contribution in [0.1, 0.15) is 45.6 Å². The number of rotatable bonds is 15. The van der Waals surface area contributed by atoms with E-state index in [0.29, 0.717) is 41.6 Å². The topological polar surface area (TPSA) is 96.0 Å². The summed E-state index contributed by atoms with van der Waals surface area (Å²) in [4.78, 5) is 28.8. The summed E-state index contributed by atoms with van der Waals surface area (Å²) in [6.45, 7) is 6.17. The molecule has 2 amide bonds. The van der Waals surface area contributed by atoms with Crippen LogP contribution in [0, 0.1) is 0 Å². The lowest BCUT2D eigenvalue weighted by atomic mass is 10.1. The second-order valence-corrected chi connectivity index (χ2v) is 11.7. The van der Waals surface area contributed by atoms with E-state index >= 15 is 0 Å². The highest BCUT2D eigenvalue weighted by atomic mass is 35.5. The van der Waals surface area contributed by atoms with Crippen LogP contribution in [-0.2, 0) is 26.2 Å². The van der Waals surface area contributed by atoms with Gasteiger partial charge in [0.2, 0.25) is 11.8 Å². The smallest absolute Gasteiger partial charge is 0.264 e. The third-order valence-electron chi connectivity index (χ3n) is 6.56. The van der Waals surface area contributed by atoms with Crippen LogP contribution in [0.15, 0.2) is 83.8 Å². The van der Waals surface area contributed by atoms with Crippen molar-refractivity contribution in [1.82, 2.24) is 10.2 Å². The first kappa shape index (κ1) is 32.0. The number of amides is 2. The van der Waals surface area contributed by atoms with Crippen molar-refractivity contribution in [2.75, 3.05) is 24.0 Å². The Morgan fingerprint density at radius 3 is 2.20 bits per heavy atom. The average molecular weight is 600 g/mol. The van der Waals surface area contributed by atoms with E-state index < -0.39 is 28.5 Å². The Balaban J connectivity index is 2.03. The van der Waals surface area contributed by atoms with Gasteiger partial charge >= 0.3 is 0 Å². The lowest BCUT2D eigenvalue weighted by Crippen LogP contribution is -2.52. The zero-order chi connectivity index (χ0) is 29.8. The quantitative estimate of drug-likeness (QED) is 0.228. The van der Waals surface area contributed by atoms with Crippen LogP contribution in [-0.4, -0.2) is 50.9 Å². The van der Waals surface area contributed by atoms with E-state index in [1.165, 1.54) is 17.0 Å². The summed E-state index contributed by atoms with van der Waals surface area (Å²) in [7, 11) is -4.14. The van der Waals surface area contributed by atoms with Gasteiger partial charge in [0.1, 0.15) is 18.3 Å². The first-order chi connectivity index (χ1) is 19.7. The highest BCUT2D eigenvalue weighted by Gasteiger charge is 2.33. The van der Waals surface area contributed by atoms with Gasteiger partial charge in [-0.25, -0.2) is 8.42 Å². The maximum atomic E-state index is 14.1. The van der Waals surface area contributed by atoms with Gasteiger partial charge in [0.25, 0.3) is 10.0 Å². The molecule has 0 aliphatic carbocycles. The standard InChI is InChI=1S/C31H38ClN3O5S/c1-4-7-21-33-31(37)29(5-2)34(22-24-13-11-12-16-28(24)32)30(36)23-35(25-17-19-26(20-18-25)40-6-3)41(38,39)27-14-9-8-10-15-27/h8-20,29H,4-7,21-23H2,1-3H3,(H,33,37). The van der Waals surface area contributed by atoms with E-state index in [1.54, 1.807) is 66.7 Å². The molecule has 3 aromatic rings. The van der Waals surface area contributed by atoms with Crippen molar-refractivity contribution in [1.29, 1.82) is 0 Å². The number of nitrogens with one attached hydrogen (secondary N) is 1. The van der Waals surface area contributed by atoms with Crippen molar-refractivity contribution < 1.29 is 22.7 Å². The summed E-state index contributed by atoms with van der Waals surface area (Å²) in [5.41, 5.74) is 0.949. The van der Waals surface area contributed by atoms with E-state index in [1.807, 2.05) is 20.8 Å². The molecule has 0 radical (unpaired) electrons. The maximum Gasteiger partial charge on any atom is 0.264 e. The summed E-state index contributed by atoms with van der Waals surface area (Å²) in [6.07, 6.45) is 2.05. The predicted molar refractivity (Wildman–Crippen MR) is 163 cm³/mol. The van der Waals surface area contributed by atoms with Gasteiger partial charge in [-0.05, 0) is 67.8 Å². The van der Waals surface area contributed by atoms with Gasteiger partial charge in [0, 0.05) is 18.1 Å². The van der Waals surface area contributed by atoms with Gasteiger partial charge in [0.05, 0.1) is 17.2 Å². The molecule has 10 heteroatoms. The summed E-state index contributed by atoms with van der Waals surface area (Å²) in [6, 6.07) is 20.7. The molecule has 0 saturated carbocycles. The molecule has 0 aliphatic rings. The van der Waals surface area contributed by atoms with E-state index in [4.69, 9.17) is 16.3 Å². The molecule has 3 aromatic carbocycles. The molecule has 0 spiro atoms. The number of carbonyl (C=O) groups excluding carboxylic acids is 2. The molecule has 0 saturated heterocycles. The Bertz CT molecular complexity index is 1380. The third-order valence-corrected chi connectivity index (χ3v) is 8.72. The summed E-state index contributed by atoms with van der Waals surface area (Å²) >= 11 is 6.44. The first-order valence-electron chi connectivity index (χ1n) is 13.8. The molecule has 0 heterocycles. The summed E-state index contributed by atoms with van der Waals surface area (Å²) < 4.78 is 34.4. The molecular formula is C31H38ClN3O5S. The molecule has 8 nitrogen and oxygen atoms in total. The average Bonchev–Trinajstić information content (AvgIpc) is 2.98. The fraction of sp³-hybridized carbons (Fsp3) is 0.355. The van der Waals surface area contributed by atoms with Gasteiger partial charge < -0.3 is 15.0 Å². The van der Waals surface area contributed by atoms with Crippen molar-refractivity contribution in [3.8, 4) is 5.75 Å². The van der Waals surface area contributed by atoms with Crippen molar-refractivity contribution in [2.45, 2.75) is 57.5 Å². The summed E-state index contributed by atoms with van der Waals surface area (Å²) in [5, 5.41) is 3.37. The normalized spacial score (nSPS) is 11.9. The van der Waals surface area contributed by atoms with Crippen molar-refractivity contribution in [3.63, 3.8) is 0 Å². The Morgan fingerprint density at radius 2 is 1.59 bits per heavy atom. The van der Waals surface area contributed by atoms with Gasteiger partial charge in [0.15, 0.2) is 0 Å². The lowest BCUT2D eigenvalue weighted by molar-refractivity contribution is -0.140. The number of benzene rings is 3. The van der Waals surface area contributed by atoms with E-state index in [9.17, 15) is 18.0 Å². The highest BCUT2D eigenvalue weighted by molar-refractivity contribution is 7.92. The molecule has 1 N–H and O–H groups in total. The molecule has 3 rings (SSSR count). The molecular weight excluding hydrogens is 562 g/mol. The summed E-state index contributed by atoms with van der Waals surface area (Å²) in [5.74, 6) is -0.245. The Labute approximate surface area is 248 Å². The Kier molecular flexibility index (Phi) is 12.0. The van der Waals surface area contributed by atoms with Gasteiger partial charge in [-0.2, -0.15) is 0 Å². The van der Waals surface area contributed by atoms with Crippen LogP contribution in [0.4, 0.5) is 5.69 Å². The van der Waals surface area contributed by atoms with Crippen molar-refractivity contribution in [2.24, 2.45) is 0 Å². The number of carbonyl (C=O) groups is 2. The van der Waals surface area contributed by atoms with Crippen LogP contribution < -0.4 is 14.4 Å². The molecule has 41 heavy (non-hydrogen) atoms. The van der Waals surface area contributed by atoms with Crippen LogP contribution in [0.3, 0.4) is 0 Å². The van der Waals surface area contributed by atoms with Crippen LogP contribution in [0.2, 0.25) is 5.02 Å². The molecule has 0 aromatic heterocycles. The predicted octanol–water partition coefficient (Wildman–Crippen LogP) is 5.66. The molecule has 1 atom stereocenters. The highest BCUT2D eigenvalue weighted by Crippen LogP contribution is 2.27. The number of hydrogen-bond donors (Lipinski definition) is 1. The van der Waals surface area contributed by atoms with Crippen LogP contribution in [0.5, 0.6) is 5.75 Å². The zero-order valence-corrected chi connectivity index (χ0v) is 25.3. The second kappa shape index (κ2) is 15.4. The maximum absolute atomic E-state index is 14.1. The van der Waals surface area contributed by atoms with Crippen LogP contribution in [0.25, 0.3) is 0 Å². The number of anilines is 1. The SMILES string of the molecule is CCCCNC(=O)C(CC)N(Cc1ccccc1Cl)C(=O)CN(c1ccc(OCC)cc1)S(=O)(=O)c1ccccc1. The molecule has 0 fully saturated rings. The number of hydrogen-bond acceptors (Lipinski definition) is 5. The lowest BCUT2D eigenvalue weighted by Gasteiger charge is -2.33. The molecule has 0 bridgehead atoms. The number of halogens is 1.